The average molecular weight is 503 g/mol. The molecule has 7 nitrogen and oxygen atoms in total. The van der Waals surface area contributed by atoms with Crippen molar-refractivity contribution < 1.29 is 36.6 Å². The van der Waals surface area contributed by atoms with E-state index in [4.69, 9.17) is 25.7 Å². The van der Waals surface area contributed by atoms with Crippen LogP contribution < -0.4 is 10.0 Å². The maximum Gasteiger partial charge on any atom is 0.416 e. The van der Waals surface area contributed by atoms with Gasteiger partial charge in [-0.25, -0.2) is 4.79 Å². The molecule has 0 amide bonds. The number of ether oxygens (including phenoxy) is 2. The van der Waals surface area contributed by atoms with Crippen LogP contribution in [0.1, 0.15) is 31.9 Å². The Bertz CT molecular complexity index is 1160. The normalized spacial score (nSPS) is 13.6. The van der Waals surface area contributed by atoms with Crippen molar-refractivity contribution in [2.45, 2.75) is 26.9 Å². The maximum absolute atomic E-state index is 13.4. The predicted octanol–water partition coefficient (Wildman–Crippen LogP) is 5.90. The first-order chi connectivity index (χ1) is 15.4. The minimum Gasteiger partial charge on any atom is -0.461 e. The molecule has 1 atom stereocenters. The second-order valence-corrected chi connectivity index (χ2v) is 9.54. The summed E-state index contributed by atoms with van der Waals surface area (Å²) >= 11 is 5.92. The van der Waals surface area contributed by atoms with Crippen molar-refractivity contribution in [1.82, 2.24) is 0 Å². The fraction of sp³-hybridized carbons (Fsp3) is 0.286. The lowest BCUT2D eigenvalue weighted by Crippen LogP contribution is -2.16. The zero-order chi connectivity index (χ0) is 24.8. The lowest BCUT2D eigenvalue weighted by molar-refractivity contribution is -0.137. The number of carbonyl (C=O) groups excluding carboxylic acids is 1. The number of oxime groups is 1. The van der Waals surface area contributed by atoms with Gasteiger partial charge in [0.25, 0.3) is 0 Å². The van der Waals surface area contributed by atoms with Crippen LogP contribution in [0.25, 0.3) is 0 Å². The number of hydrogen-bond acceptors (Lipinski definition) is 7. The molecule has 0 aliphatic rings. The summed E-state index contributed by atoms with van der Waals surface area (Å²) in [6, 6.07) is 8.40. The van der Waals surface area contributed by atoms with Gasteiger partial charge in [0.05, 0.1) is 28.1 Å². The molecule has 176 valence electrons. The summed E-state index contributed by atoms with van der Waals surface area (Å²) in [4.78, 5) is 11.7. The van der Waals surface area contributed by atoms with Gasteiger partial charge >= 0.3 is 19.5 Å². The van der Waals surface area contributed by atoms with Gasteiger partial charge in [0, 0.05) is 6.16 Å². The molecule has 2 aromatic rings. The van der Waals surface area contributed by atoms with E-state index in [2.05, 4.69) is 5.16 Å². The van der Waals surface area contributed by atoms with Gasteiger partial charge in [0.2, 0.25) is 0 Å². The van der Waals surface area contributed by atoms with Crippen LogP contribution in [0.2, 0.25) is 5.02 Å². The molecule has 0 radical (unpaired) electrons. The van der Waals surface area contributed by atoms with E-state index in [-0.39, 0.29) is 45.9 Å². The van der Waals surface area contributed by atoms with Crippen molar-refractivity contribution in [2.75, 3.05) is 12.8 Å². The third-order valence-corrected chi connectivity index (χ3v) is 6.82. The third-order valence-electron chi connectivity index (χ3n) is 4.24. The molecular weight excluding hydrogens is 484 g/mol. The van der Waals surface area contributed by atoms with Crippen LogP contribution in [0, 0.1) is 11.3 Å². The van der Waals surface area contributed by atoms with Crippen molar-refractivity contribution in [3.8, 4) is 17.6 Å². The van der Waals surface area contributed by atoms with Crippen molar-refractivity contribution >= 4 is 36.0 Å². The molecule has 0 heterocycles. The van der Waals surface area contributed by atoms with E-state index in [9.17, 15) is 27.8 Å². The Morgan fingerprint density at radius 3 is 2.45 bits per heavy atom. The lowest BCUT2D eigenvalue weighted by atomic mass is 10.2. The first kappa shape index (κ1) is 26.2. The first-order valence-electron chi connectivity index (χ1n) is 9.54. The van der Waals surface area contributed by atoms with Gasteiger partial charge in [-0.2, -0.15) is 18.4 Å². The zero-order valence-corrected chi connectivity index (χ0v) is 19.4. The topological polar surface area (TPSA) is 98.0 Å². The van der Waals surface area contributed by atoms with Gasteiger partial charge in [-0.1, -0.05) is 23.7 Å². The Morgan fingerprint density at radius 2 is 1.91 bits per heavy atom. The Labute approximate surface area is 193 Å². The number of esters is 1. The van der Waals surface area contributed by atoms with E-state index < -0.39 is 25.1 Å². The Kier molecular flexibility index (Phi) is 8.53. The SMILES string of the molecule is CCOC(=O)C(C)=NOP(=O)(CC)c1cc(Oc2ccc(C(F)(F)F)cc2Cl)ccc1C#N. The van der Waals surface area contributed by atoms with Gasteiger partial charge in [0.15, 0.2) is 5.71 Å². The van der Waals surface area contributed by atoms with Crippen LogP contribution in [0.4, 0.5) is 13.2 Å². The summed E-state index contributed by atoms with van der Waals surface area (Å²) in [7, 11) is -3.77. The van der Waals surface area contributed by atoms with Gasteiger partial charge < -0.3 is 14.1 Å². The summed E-state index contributed by atoms with van der Waals surface area (Å²) in [5.74, 6) is -0.785. The van der Waals surface area contributed by atoms with Crippen molar-refractivity contribution in [1.29, 1.82) is 5.26 Å². The molecule has 0 aliphatic heterocycles. The highest BCUT2D eigenvalue weighted by Crippen LogP contribution is 2.47. The largest absolute Gasteiger partial charge is 0.461 e. The Hall–Kier alpha value is -3.02. The number of carbonyl (C=O) groups is 1. The fourth-order valence-corrected chi connectivity index (χ4v) is 4.34. The molecule has 1 unspecified atom stereocenters. The van der Waals surface area contributed by atoms with Crippen LogP contribution in [0.15, 0.2) is 41.6 Å². The molecule has 0 N–H and O–H groups in total. The van der Waals surface area contributed by atoms with Crippen LogP contribution >= 0.6 is 19.0 Å². The van der Waals surface area contributed by atoms with E-state index >= 15 is 0 Å². The van der Waals surface area contributed by atoms with Gasteiger partial charge in [-0.3, -0.25) is 4.57 Å². The molecule has 33 heavy (non-hydrogen) atoms. The number of hydrogen-bond donors (Lipinski definition) is 0. The van der Waals surface area contributed by atoms with Gasteiger partial charge in [-0.05, 0) is 50.2 Å². The monoisotopic (exact) mass is 502 g/mol. The predicted molar refractivity (Wildman–Crippen MR) is 116 cm³/mol. The van der Waals surface area contributed by atoms with E-state index in [0.717, 1.165) is 12.1 Å². The van der Waals surface area contributed by atoms with Crippen LogP contribution in [0.5, 0.6) is 11.5 Å². The van der Waals surface area contributed by atoms with Crippen LogP contribution in [-0.4, -0.2) is 24.4 Å². The van der Waals surface area contributed by atoms with Crippen molar-refractivity contribution in [3.63, 3.8) is 0 Å². The smallest absolute Gasteiger partial charge is 0.416 e. The van der Waals surface area contributed by atoms with Crippen LogP contribution in [-0.2, 0) is 24.9 Å². The Morgan fingerprint density at radius 1 is 1.21 bits per heavy atom. The molecule has 0 bridgehead atoms. The number of nitrogens with zero attached hydrogens (tertiary/aromatic N) is 2. The third kappa shape index (κ3) is 6.50. The number of alkyl halides is 3. The van der Waals surface area contributed by atoms with E-state index in [1.807, 2.05) is 6.07 Å². The minimum absolute atomic E-state index is 0.00929. The summed E-state index contributed by atoms with van der Waals surface area (Å²) in [6.45, 7) is 4.57. The second-order valence-electron chi connectivity index (χ2n) is 6.50. The highest BCUT2D eigenvalue weighted by molar-refractivity contribution is 7.67. The quantitative estimate of drug-likeness (QED) is 0.193. The number of halogens is 4. The lowest BCUT2D eigenvalue weighted by Gasteiger charge is -2.17. The van der Waals surface area contributed by atoms with Crippen LogP contribution in [0.3, 0.4) is 0 Å². The van der Waals surface area contributed by atoms with Crippen molar-refractivity contribution in [2.24, 2.45) is 5.16 Å². The van der Waals surface area contributed by atoms with Gasteiger partial charge in [0.1, 0.15) is 17.6 Å². The number of rotatable bonds is 8. The molecule has 0 saturated heterocycles. The zero-order valence-electron chi connectivity index (χ0n) is 17.8. The van der Waals surface area contributed by atoms with E-state index in [0.29, 0.717) is 6.07 Å². The molecule has 2 aromatic carbocycles. The molecular formula is C21H19ClF3N2O5P. The molecule has 0 fully saturated rings. The minimum atomic E-state index is -4.57. The standard InChI is InChI=1S/C21H19ClF3N2O5P/c1-4-30-20(28)13(3)27-32-33(29,5-2)19-11-16(8-6-14(19)12-26)31-18-9-7-15(10-17(18)22)21(23,24)25/h6-11H,4-5H2,1-3H3. The summed E-state index contributed by atoms with van der Waals surface area (Å²) in [5, 5.41) is 12.7. The molecule has 0 saturated carbocycles. The second kappa shape index (κ2) is 10.7. The summed E-state index contributed by atoms with van der Waals surface area (Å²) in [6.07, 6.45) is -4.65. The highest BCUT2D eigenvalue weighted by atomic mass is 35.5. The molecule has 12 heteroatoms. The molecule has 0 aromatic heterocycles. The molecule has 0 aliphatic carbocycles. The first-order valence-corrected chi connectivity index (χ1v) is 11.7. The maximum atomic E-state index is 13.4. The van der Waals surface area contributed by atoms with Crippen molar-refractivity contribution in [3.05, 3.63) is 52.5 Å². The molecule has 0 spiro atoms. The average Bonchev–Trinajstić information content (AvgIpc) is 2.78. The summed E-state index contributed by atoms with van der Waals surface area (Å²) in [5.41, 5.74) is -1.11. The van der Waals surface area contributed by atoms with E-state index in [1.165, 1.54) is 32.0 Å². The highest BCUT2D eigenvalue weighted by Gasteiger charge is 2.32. The van der Waals surface area contributed by atoms with Gasteiger partial charge in [-0.15, -0.1) is 0 Å². The summed E-state index contributed by atoms with van der Waals surface area (Å²) < 4.78 is 67.5. The fourth-order valence-electron chi connectivity index (χ4n) is 2.51. The number of nitriles is 1. The number of benzene rings is 2. The van der Waals surface area contributed by atoms with E-state index in [1.54, 1.807) is 6.92 Å². The molecule has 2 rings (SSSR count). The Balaban J connectivity index is 2.41.